The van der Waals surface area contributed by atoms with E-state index in [1.807, 2.05) is 11.8 Å². The summed E-state index contributed by atoms with van der Waals surface area (Å²) in [5.74, 6) is 0.130. The van der Waals surface area contributed by atoms with Gasteiger partial charge in [0.1, 0.15) is 6.17 Å². The molecule has 1 aromatic rings. The molecule has 0 saturated carbocycles. The maximum Gasteiger partial charge on any atom is 0.238 e. The van der Waals surface area contributed by atoms with E-state index in [0.29, 0.717) is 13.2 Å². The van der Waals surface area contributed by atoms with Crippen LogP contribution in [0.3, 0.4) is 0 Å². The Kier molecular flexibility index (Phi) is 3.99. The van der Waals surface area contributed by atoms with Crippen LogP contribution in [0.4, 0.5) is 0 Å². The molecule has 2 rings (SSSR count). The number of rotatable bonds is 4. The Morgan fingerprint density at radius 2 is 2.11 bits per heavy atom. The van der Waals surface area contributed by atoms with Gasteiger partial charge >= 0.3 is 0 Å². The van der Waals surface area contributed by atoms with Crippen LogP contribution in [-0.2, 0) is 9.53 Å². The van der Waals surface area contributed by atoms with Gasteiger partial charge in [-0.15, -0.1) is 0 Å². The number of benzene rings is 1. The zero-order valence-corrected chi connectivity index (χ0v) is 11.1. The van der Waals surface area contributed by atoms with Gasteiger partial charge in [0.2, 0.25) is 5.91 Å². The third-order valence-electron chi connectivity index (χ3n) is 3.29. The molecule has 1 aromatic carbocycles. The topological polar surface area (TPSA) is 41.6 Å². The number of carbonyl (C=O) groups is 1. The van der Waals surface area contributed by atoms with E-state index in [2.05, 4.69) is 36.5 Å². The molecule has 1 amide bonds. The third-order valence-corrected chi connectivity index (χ3v) is 3.29. The predicted octanol–water partition coefficient (Wildman–Crippen LogP) is 1.46. The normalized spacial score (nSPS) is 21.4. The summed E-state index contributed by atoms with van der Waals surface area (Å²) < 4.78 is 5.15. The summed E-state index contributed by atoms with van der Waals surface area (Å²) in [7, 11) is 1.66. The first-order valence-corrected chi connectivity index (χ1v) is 6.23. The molecule has 0 aromatic heterocycles. The number of nitrogens with zero attached hydrogens (tertiary/aromatic N) is 1. The molecule has 98 valence electrons. The Hall–Kier alpha value is -1.39. The van der Waals surface area contributed by atoms with Gasteiger partial charge in [0.25, 0.3) is 0 Å². The molecule has 0 radical (unpaired) electrons. The van der Waals surface area contributed by atoms with Gasteiger partial charge in [-0.2, -0.15) is 0 Å². The van der Waals surface area contributed by atoms with Crippen LogP contribution >= 0.6 is 0 Å². The standard InChI is InChI=1S/C14H20N2O2/c1-10-4-6-12(7-5-10)14-15-8-13(17)16(14)11(2)9-18-3/h4-7,11,14-15H,8-9H2,1-3H3. The molecule has 4 heteroatoms. The first-order chi connectivity index (χ1) is 8.63. The van der Waals surface area contributed by atoms with Gasteiger partial charge in [0, 0.05) is 7.11 Å². The fraction of sp³-hybridized carbons (Fsp3) is 0.500. The van der Waals surface area contributed by atoms with Crippen LogP contribution < -0.4 is 5.32 Å². The van der Waals surface area contributed by atoms with Gasteiger partial charge in [-0.1, -0.05) is 29.8 Å². The van der Waals surface area contributed by atoms with Crippen molar-refractivity contribution >= 4 is 5.91 Å². The Morgan fingerprint density at radius 1 is 1.44 bits per heavy atom. The highest BCUT2D eigenvalue weighted by Crippen LogP contribution is 2.25. The Balaban J connectivity index is 2.20. The fourth-order valence-corrected chi connectivity index (χ4v) is 2.37. The summed E-state index contributed by atoms with van der Waals surface area (Å²) in [6.07, 6.45) is -0.0387. The van der Waals surface area contributed by atoms with Gasteiger partial charge in [-0.3, -0.25) is 10.1 Å². The monoisotopic (exact) mass is 248 g/mol. The van der Waals surface area contributed by atoms with Gasteiger partial charge in [0.05, 0.1) is 19.2 Å². The lowest BCUT2D eigenvalue weighted by Crippen LogP contribution is -2.40. The Labute approximate surface area is 108 Å². The molecule has 1 N–H and O–H groups in total. The maximum atomic E-state index is 11.9. The van der Waals surface area contributed by atoms with E-state index < -0.39 is 0 Å². The number of nitrogens with one attached hydrogen (secondary N) is 1. The summed E-state index contributed by atoms with van der Waals surface area (Å²) in [4.78, 5) is 13.8. The number of amides is 1. The number of carbonyl (C=O) groups excluding carboxylic acids is 1. The summed E-state index contributed by atoms with van der Waals surface area (Å²) >= 11 is 0. The number of hydrogen-bond acceptors (Lipinski definition) is 3. The van der Waals surface area contributed by atoms with Crippen LogP contribution in [0.5, 0.6) is 0 Å². The molecule has 1 aliphatic rings. The molecule has 2 unspecified atom stereocenters. The van der Waals surface area contributed by atoms with Crippen molar-refractivity contribution in [2.45, 2.75) is 26.1 Å². The Morgan fingerprint density at radius 3 is 2.72 bits per heavy atom. The van der Waals surface area contributed by atoms with Crippen molar-refractivity contribution in [1.82, 2.24) is 10.2 Å². The van der Waals surface area contributed by atoms with E-state index in [1.54, 1.807) is 7.11 Å². The lowest BCUT2D eigenvalue weighted by atomic mass is 10.1. The molecule has 2 atom stereocenters. The van der Waals surface area contributed by atoms with Crippen LogP contribution in [0.15, 0.2) is 24.3 Å². The molecule has 0 aliphatic carbocycles. The van der Waals surface area contributed by atoms with Crippen LogP contribution in [0.1, 0.15) is 24.2 Å². The van der Waals surface area contributed by atoms with Crippen LogP contribution in [0.2, 0.25) is 0 Å². The van der Waals surface area contributed by atoms with E-state index in [0.717, 1.165) is 5.56 Å². The average molecular weight is 248 g/mol. The van der Waals surface area contributed by atoms with Crippen molar-refractivity contribution in [2.24, 2.45) is 0 Å². The van der Waals surface area contributed by atoms with Crippen molar-refractivity contribution < 1.29 is 9.53 Å². The highest BCUT2D eigenvalue weighted by atomic mass is 16.5. The molecule has 1 saturated heterocycles. The third kappa shape index (κ3) is 2.54. The Bertz CT molecular complexity index is 416. The minimum atomic E-state index is -0.0387. The van der Waals surface area contributed by atoms with Crippen molar-refractivity contribution in [2.75, 3.05) is 20.3 Å². The smallest absolute Gasteiger partial charge is 0.238 e. The van der Waals surface area contributed by atoms with Crippen molar-refractivity contribution in [3.05, 3.63) is 35.4 Å². The zero-order chi connectivity index (χ0) is 13.1. The molecular formula is C14H20N2O2. The second-order valence-electron chi connectivity index (χ2n) is 4.80. The number of ether oxygens (including phenoxy) is 1. The molecule has 1 aliphatic heterocycles. The van der Waals surface area contributed by atoms with E-state index in [1.165, 1.54) is 5.56 Å². The molecule has 0 spiro atoms. The lowest BCUT2D eigenvalue weighted by molar-refractivity contribution is -0.131. The zero-order valence-electron chi connectivity index (χ0n) is 11.1. The minimum Gasteiger partial charge on any atom is -0.383 e. The number of aryl methyl sites for hydroxylation is 1. The SMILES string of the molecule is COCC(C)N1C(=O)CNC1c1ccc(C)cc1. The largest absolute Gasteiger partial charge is 0.383 e. The molecule has 1 heterocycles. The van der Waals surface area contributed by atoms with E-state index in [-0.39, 0.29) is 18.1 Å². The quantitative estimate of drug-likeness (QED) is 0.877. The molecule has 4 nitrogen and oxygen atoms in total. The molecule has 1 fully saturated rings. The van der Waals surface area contributed by atoms with Gasteiger partial charge < -0.3 is 9.64 Å². The average Bonchev–Trinajstić information content (AvgIpc) is 2.72. The van der Waals surface area contributed by atoms with E-state index in [9.17, 15) is 4.79 Å². The molecule has 18 heavy (non-hydrogen) atoms. The van der Waals surface area contributed by atoms with Gasteiger partial charge in [-0.05, 0) is 19.4 Å². The number of methoxy groups -OCH3 is 1. The number of hydrogen-bond donors (Lipinski definition) is 1. The van der Waals surface area contributed by atoms with Crippen molar-refractivity contribution in [3.63, 3.8) is 0 Å². The van der Waals surface area contributed by atoms with E-state index in [4.69, 9.17) is 4.74 Å². The molecule has 0 bridgehead atoms. The van der Waals surface area contributed by atoms with Crippen molar-refractivity contribution in [1.29, 1.82) is 0 Å². The van der Waals surface area contributed by atoms with Gasteiger partial charge in [0.15, 0.2) is 0 Å². The van der Waals surface area contributed by atoms with E-state index >= 15 is 0 Å². The van der Waals surface area contributed by atoms with Crippen LogP contribution in [-0.4, -0.2) is 37.1 Å². The highest BCUT2D eigenvalue weighted by molar-refractivity contribution is 5.81. The minimum absolute atomic E-state index is 0.0387. The van der Waals surface area contributed by atoms with Crippen molar-refractivity contribution in [3.8, 4) is 0 Å². The van der Waals surface area contributed by atoms with Gasteiger partial charge in [-0.25, -0.2) is 0 Å². The summed E-state index contributed by atoms with van der Waals surface area (Å²) in [5, 5.41) is 3.25. The first-order valence-electron chi connectivity index (χ1n) is 6.23. The second kappa shape index (κ2) is 5.50. The van der Waals surface area contributed by atoms with Crippen LogP contribution in [0, 0.1) is 6.92 Å². The summed E-state index contributed by atoms with van der Waals surface area (Å²) in [6, 6.07) is 8.34. The molecular weight excluding hydrogens is 228 g/mol. The predicted molar refractivity (Wildman–Crippen MR) is 70.1 cm³/mol. The van der Waals surface area contributed by atoms with Crippen LogP contribution in [0.25, 0.3) is 0 Å². The maximum absolute atomic E-state index is 11.9. The lowest BCUT2D eigenvalue weighted by Gasteiger charge is -2.30. The highest BCUT2D eigenvalue weighted by Gasteiger charge is 2.34. The first kappa shape index (κ1) is 13.1. The summed E-state index contributed by atoms with van der Waals surface area (Å²) in [6.45, 7) is 5.01. The second-order valence-corrected chi connectivity index (χ2v) is 4.80. The summed E-state index contributed by atoms with van der Waals surface area (Å²) in [5.41, 5.74) is 2.34. The fourth-order valence-electron chi connectivity index (χ4n) is 2.37.